The fourth-order valence-electron chi connectivity index (χ4n) is 1.75. The lowest BCUT2D eigenvalue weighted by Gasteiger charge is -2.06. The van der Waals surface area contributed by atoms with Crippen LogP contribution in [0.4, 0.5) is 0 Å². The van der Waals surface area contributed by atoms with Gasteiger partial charge in [-0.05, 0) is 20.3 Å². The first-order valence-corrected chi connectivity index (χ1v) is 6.78. The molecule has 0 unspecified atom stereocenters. The van der Waals surface area contributed by atoms with E-state index in [0.29, 0.717) is 11.6 Å². The van der Waals surface area contributed by atoms with Crippen molar-refractivity contribution >= 4 is 22.9 Å². The minimum Gasteiger partial charge on any atom is -0.246 e. The van der Waals surface area contributed by atoms with E-state index < -0.39 is 0 Å². The van der Waals surface area contributed by atoms with Crippen LogP contribution in [0.3, 0.4) is 0 Å². The molecule has 0 radical (unpaired) electrons. The van der Waals surface area contributed by atoms with Crippen molar-refractivity contribution in [3.63, 3.8) is 0 Å². The number of hydrogen-bond donors (Lipinski definition) is 0. The predicted molar refractivity (Wildman–Crippen MR) is 70.8 cm³/mol. The first kappa shape index (κ1) is 12.5. The number of halogens is 1. The molecule has 0 amide bonds. The van der Waals surface area contributed by atoms with Gasteiger partial charge in [0.1, 0.15) is 11.0 Å². The Bertz CT molecular complexity index is 513. The molecule has 2 rings (SSSR count). The summed E-state index contributed by atoms with van der Waals surface area (Å²) in [5.41, 5.74) is 3.01. The molecule has 0 aliphatic carbocycles. The van der Waals surface area contributed by atoms with E-state index in [1.54, 1.807) is 11.3 Å². The van der Waals surface area contributed by atoms with Crippen molar-refractivity contribution < 1.29 is 0 Å². The first-order chi connectivity index (χ1) is 8.10. The van der Waals surface area contributed by atoms with E-state index >= 15 is 0 Å². The topological polar surface area (TPSA) is 38.7 Å². The van der Waals surface area contributed by atoms with Gasteiger partial charge in [0.05, 0.1) is 17.1 Å². The Labute approximate surface area is 110 Å². The van der Waals surface area contributed by atoms with Gasteiger partial charge in [-0.2, -0.15) is 0 Å². The Hall–Kier alpha value is -1.00. The number of rotatable bonds is 3. The van der Waals surface area contributed by atoms with Crippen molar-refractivity contribution in [2.75, 3.05) is 0 Å². The maximum Gasteiger partial charge on any atom is 0.136 e. The van der Waals surface area contributed by atoms with Crippen molar-refractivity contribution in [3.05, 3.63) is 38.3 Å². The van der Waals surface area contributed by atoms with E-state index in [-0.39, 0.29) is 0 Å². The molecule has 0 aromatic carbocycles. The molecule has 0 bridgehead atoms. The molecule has 90 valence electrons. The van der Waals surface area contributed by atoms with Crippen LogP contribution in [-0.2, 0) is 12.8 Å². The fourth-order valence-corrected chi connectivity index (χ4v) is 2.73. The lowest BCUT2D eigenvalue weighted by atomic mass is 10.2. The summed E-state index contributed by atoms with van der Waals surface area (Å²) in [5.74, 6) is 0.745. The van der Waals surface area contributed by atoms with Crippen LogP contribution in [0.1, 0.15) is 34.7 Å². The van der Waals surface area contributed by atoms with Crippen LogP contribution in [0.25, 0.3) is 0 Å². The van der Waals surface area contributed by atoms with Gasteiger partial charge in [-0.3, -0.25) is 0 Å². The highest BCUT2D eigenvalue weighted by molar-refractivity contribution is 7.09. The van der Waals surface area contributed by atoms with Crippen molar-refractivity contribution in [1.82, 2.24) is 15.0 Å². The summed E-state index contributed by atoms with van der Waals surface area (Å²) >= 11 is 7.78. The molecule has 0 atom stereocenters. The Kier molecular flexibility index (Phi) is 3.74. The van der Waals surface area contributed by atoms with Crippen LogP contribution >= 0.6 is 22.9 Å². The zero-order valence-corrected chi connectivity index (χ0v) is 11.7. The average molecular weight is 268 g/mol. The second-order valence-corrected chi connectivity index (χ2v) is 5.30. The van der Waals surface area contributed by atoms with Crippen molar-refractivity contribution in [1.29, 1.82) is 0 Å². The SMILES string of the molecule is CCc1c(C)nc(Cc2csc(C)n2)nc1Cl. The minimum absolute atomic E-state index is 0.571. The summed E-state index contributed by atoms with van der Waals surface area (Å²) in [6.07, 6.45) is 1.51. The molecule has 0 saturated heterocycles. The van der Waals surface area contributed by atoms with Gasteiger partial charge in [0.25, 0.3) is 0 Å². The van der Waals surface area contributed by atoms with E-state index in [1.165, 1.54) is 0 Å². The third-order valence-corrected chi connectivity index (χ3v) is 3.70. The van der Waals surface area contributed by atoms with E-state index in [4.69, 9.17) is 11.6 Å². The predicted octanol–water partition coefficient (Wildman–Crippen LogP) is 3.36. The van der Waals surface area contributed by atoms with Crippen LogP contribution in [0.5, 0.6) is 0 Å². The maximum atomic E-state index is 6.14. The highest BCUT2D eigenvalue weighted by Crippen LogP contribution is 2.18. The third-order valence-electron chi connectivity index (χ3n) is 2.57. The lowest BCUT2D eigenvalue weighted by molar-refractivity contribution is 0.890. The Morgan fingerprint density at radius 1 is 1.24 bits per heavy atom. The highest BCUT2D eigenvalue weighted by atomic mass is 35.5. The van der Waals surface area contributed by atoms with Gasteiger partial charge in [-0.25, -0.2) is 15.0 Å². The monoisotopic (exact) mass is 267 g/mol. The van der Waals surface area contributed by atoms with Crippen LogP contribution in [0.2, 0.25) is 5.15 Å². The second-order valence-electron chi connectivity index (χ2n) is 3.88. The molecule has 17 heavy (non-hydrogen) atoms. The second kappa shape index (κ2) is 5.10. The van der Waals surface area contributed by atoms with Crippen LogP contribution < -0.4 is 0 Å². The molecule has 0 N–H and O–H groups in total. The molecule has 3 nitrogen and oxygen atoms in total. The third kappa shape index (κ3) is 2.82. The van der Waals surface area contributed by atoms with Gasteiger partial charge in [0, 0.05) is 16.6 Å². The number of aromatic nitrogens is 3. The quantitative estimate of drug-likeness (QED) is 0.801. The van der Waals surface area contributed by atoms with Crippen molar-refractivity contribution in [2.24, 2.45) is 0 Å². The Balaban J connectivity index is 2.28. The van der Waals surface area contributed by atoms with Crippen LogP contribution in [-0.4, -0.2) is 15.0 Å². The minimum atomic E-state index is 0.571. The molecular formula is C12H14ClN3S. The van der Waals surface area contributed by atoms with Crippen molar-refractivity contribution in [3.8, 4) is 0 Å². The molecule has 5 heteroatoms. The Morgan fingerprint density at radius 3 is 2.53 bits per heavy atom. The molecule has 2 aromatic rings. The van der Waals surface area contributed by atoms with Gasteiger partial charge in [0.2, 0.25) is 0 Å². The highest BCUT2D eigenvalue weighted by Gasteiger charge is 2.09. The normalized spacial score (nSPS) is 10.8. The zero-order chi connectivity index (χ0) is 12.4. The Morgan fingerprint density at radius 2 is 2.00 bits per heavy atom. The lowest BCUT2D eigenvalue weighted by Crippen LogP contribution is -2.03. The van der Waals surface area contributed by atoms with E-state index in [1.807, 2.05) is 19.2 Å². The van der Waals surface area contributed by atoms with Crippen LogP contribution in [0.15, 0.2) is 5.38 Å². The number of aryl methyl sites for hydroxylation is 2. The van der Waals surface area contributed by atoms with Gasteiger partial charge < -0.3 is 0 Å². The standard InChI is InChI=1S/C12H14ClN3S/c1-4-10-7(2)14-11(16-12(10)13)5-9-6-17-8(3)15-9/h6H,4-5H2,1-3H3. The summed E-state index contributed by atoms with van der Waals surface area (Å²) in [6, 6.07) is 0. The molecule has 0 saturated carbocycles. The van der Waals surface area contributed by atoms with E-state index in [0.717, 1.165) is 34.2 Å². The summed E-state index contributed by atoms with van der Waals surface area (Å²) in [4.78, 5) is 13.2. The van der Waals surface area contributed by atoms with Crippen molar-refractivity contribution in [2.45, 2.75) is 33.6 Å². The number of hydrogen-bond acceptors (Lipinski definition) is 4. The smallest absolute Gasteiger partial charge is 0.136 e. The molecule has 2 heterocycles. The molecule has 2 aromatic heterocycles. The van der Waals surface area contributed by atoms with E-state index in [2.05, 4.69) is 21.9 Å². The fraction of sp³-hybridized carbons (Fsp3) is 0.417. The molecule has 0 spiro atoms. The number of nitrogens with zero attached hydrogens (tertiary/aromatic N) is 3. The largest absolute Gasteiger partial charge is 0.246 e. The van der Waals surface area contributed by atoms with Gasteiger partial charge in [0.15, 0.2) is 0 Å². The number of thiazole rings is 1. The van der Waals surface area contributed by atoms with Gasteiger partial charge >= 0.3 is 0 Å². The first-order valence-electron chi connectivity index (χ1n) is 5.53. The molecule has 0 fully saturated rings. The average Bonchev–Trinajstić information content (AvgIpc) is 2.63. The maximum absolute atomic E-state index is 6.14. The van der Waals surface area contributed by atoms with Crippen LogP contribution in [0, 0.1) is 13.8 Å². The van der Waals surface area contributed by atoms with E-state index in [9.17, 15) is 0 Å². The van der Waals surface area contributed by atoms with Gasteiger partial charge in [-0.1, -0.05) is 18.5 Å². The summed E-state index contributed by atoms with van der Waals surface area (Å²) in [6.45, 7) is 6.02. The molecular weight excluding hydrogens is 254 g/mol. The molecule has 0 aliphatic heterocycles. The van der Waals surface area contributed by atoms with Gasteiger partial charge in [-0.15, -0.1) is 11.3 Å². The summed E-state index contributed by atoms with van der Waals surface area (Å²) in [7, 11) is 0. The zero-order valence-electron chi connectivity index (χ0n) is 10.1. The summed E-state index contributed by atoms with van der Waals surface area (Å²) < 4.78 is 0. The molecule has 0 aliphatic rings. The summed E-state index contributed by atoms with van der Waals surface area (Å²) in [5, 5.41) is 3.67.